The fraction of sp³-hybridized carbons (Fsp3) is 0.389. The summed E-state index contributed by atoms with van der Waals surface area (Å²) in [6.45, 7) is 4.02. The Labute approximate surface area is 153 Å². The summed E-state index contributed by atoms with van der Waals surface area (Å²) in [7, 11) is 0. The van der Waals surface area contributed by atoms with Crippen LogP contribution in [0, 0.1) is 0 Å². The van der Waals surface area contributed by atoms with Crippen LogP contribution in [0.3, 0.4) is 0 Å². The standard InChI is InChI=1S/C18H19BrN4O2/c1-2-23-16-13-6-5-12(19)8-14(13)20-9-15(16)21-17(23)11-4-3-7-22(10-11)18(24)25/h5-6,8-9,11H,2-4,7,10H2,1H3,(H,24,25)/t11-/m0/s1. The maximum atomic E-state index is 11.3. The molecule has 4 rings (SSSR count). The first-order valence-corrected chi connectivity index (χ1v) is 9.30. The van der Waals surface area contributed by atoms with Crippen molar-refractivity contribution >= 4 is 44.0 Å². The Morgan fingerprint density at radius 2 is 2.24 bits per heavy atom. The molecule has 1 fully saturated rings. The number of hydrogen-bond donors (Lipinski definition) is 1. The Morgan fingerprint density at radius 1 is 1.40 bits per heavy atom. The molecule has 130 valence electrons. The number of aryl methyl sites for hydroxylation is 1. The topological polar surface area (TPSA) is 71.2 Å². The summed E-state index contributed by atoms with van der Waals surface area (Å²) in [6.07, 6.45) is 2.80. The van der Waals surface area contributed by atoms with Crippen molar-refractivity contribution in [2.45, 2.75) is 32.2 Å². The van der Waals surface area contributed by atoms with Gasteiger partial charge in [-0.1, -0.05) is 15.9 Å². The van der Waals surface area contributed by atoms with Crippen LogP contribution in [0.1, 0.15) is 31.5 Å². The van der Waals surface area contributed by atoms with E-state index < -0.39 is 6.09 Å². The van der Waals surface area contributed by atoms with E-state index in [0.29, 0.717) is 13.1 Å². The molecule has 1 aromatic carbocycles. The van der Waals surface area contributed by atoms with Crippen LogP contribution in [-0.4, -0.2) is 43.7 Å². The summed E-state index contributed by atoms with van der Waals surface area (Å²) in [6, 6.07) is 6.09. The third-order valence-electron chi connectivity index (χ3n) is 4.94. The van der Waals surface area contributed by atoms with Gasteiger partial charge in [0.1, 0.15) is 11.3 Å². The SMILES string of the molecule is CCn1c([C@H]2CCCN(C(=O)O)C2)nc2cnc3cc(Br)ccc3c21. The number of nitrogens with zero attached hydrogens (tertiary/aromatic N) is 4. The lowest BCUT2D eigenvalue weighted by atomic mass is 9.97. The molecular formula is C18H19BrN4O2. The molecule has 1 aliphatic rings. The highest BCUT2D eigenvalue weighted by Gasteiger charge is 2.28. The molecule has 7 heteroatoms. The van der Waals surface area contributed by atoms with Crippen LogP contribution in [0.4, 0.5) is 4.79 Å². The Kier molecular flexibility index (Phi) is 4.11. The number of fused-ring (bicyclic) bond motifs is 3. The molecule has 1 atom stereocenters. The van der Waals surface area contributed by atoms with Gasteiger partial charge in [-0.05, 0) is 38.0 Å². The fourth-order valence-corrected chi connectivity index (χ4v) is 4.15. The summed E-state index contributed by atoms with van der Waals surface area (Å²) in [5, 5.41) is 10.4. The Bertz CT molecular complexity index is 969. The van der Waals surface area contributed by atoms with Gasteiger partial charge in [-0.2, -0.15) is 0 Å². The third kappa shape index (κ3) is 2.76. The van der Waals surface area contributed by atoms with E-state index in [2.05, 4.69) is 38.5 Å². The van der Waals surface area contributed by atoms with Crippen molar-refractivity contribution in [3.63, 3.8) is 0 Å². The molecule has 2 aromatic heterocycles. The van der Waals surface area contributed by atoms with E-state index >= 15 is 0 Å². The summed E-state index contributed by atoms with van der Waals surface area (Å²) in [5.41, 5.74) is 2.89. The lowest BCUT2D eigenvalue weighted by Gasteiger charge is -2.30. The molecule has 3 aromatic rings. The van der Waals surface area contributed by atoms with E-state index in [9.17, 15) is 9.90 Å². The molecule has 6 nitrogen and oxygen atoms in total. The van der Waals surface area contributed by atoms with Gasteiger partial charge >= 0.3 is 6.09 Å². The van der Waals surface area contributed by atoms with Crippen molar-refractivity contribution in [3.05, 3.63) is 34.7 Å². The molecular weight excluding hydrogens is 384 g/mol. The van der Waals surface area contributed by atoms with Gasteiger partial charge in [0.25, 0.3) is 0 Å². The number of rotatable bonds is 2. The second-order valence-corrected chi connectivity index (χ2v) is 7.35. The maximum absolute atomic E-state index is 11.3. The Hall–Kier alpha value is -2.15. The minimum Gasteiger partial charge on any atom is -0.465 e. The van der Waals surface area contributed by atoms with Crippen LogP contribution in [0.15, 0.2) is 28.9 Å². The van der Waals surface area contributed by atoms with E-state index in [1.54, 1.807) is 0 Å². The van der Waals surface area contributed by atoms with Gasteiger partial charge in [-0.15, -0.1) is 0 Å². The summed E-state index contributed by atoms with van der Waals surface area (Å²) >= 11 is 3.50. The first kappa shape index (κ1) is 16.3. The zero-order valence-corrected chi connectivity index (χ0v) is 15.5. The fourth-order valence-electron chi connectivity index (χ4n) is 3.80. The number of halogens is 1. The second-order valence-electron chi connectivity index (χ2n) is 6.44. The van der Waals surface area contributed by atoms with Gasteiger partial charge in [0.05, 0.1) is 17.2 Å². The molecule has 0 saturated carbocycles. The number of aromatic nitrogens is 3. The molecule has 0 spiro atoms. The highest BCUT2D eigenvalue weighted by atomic mass is 79.9. The van der Waals surface area contributed by atoms with E-state index in [1.807, 2.05) is 18.3 Å². The lowest BCUT2D eigenvalue weighted by Crippen LogP contribution is -2.38. The van der Waals surface area contributed by atoms with Crippen LogP contribution in [0.2, 0.25) is 0 Å². The molecule has 1 saturated heterocycles. The molecule has 1 amide bonds. The van der Waals surface area contributed by atoms with Gasteiger partial charge < -0.3 is 14.6 Å². The number of imidazole rings is 1. The molecule has 0 radical (unpaired) electrons. The minimum absolute atomic E-state index is 0.127. The predicted molar refractivity (Wildman–Crippen MR) is 100.0 cm³/mol. The van der Waals surface area contributed by atoms with Crippen molar-refractivity contribution in [1.29, 1.82) is 0 Å². The first-order chi connectivity index (χ1) is 12.1. The van der Waals surface area contributed by atoms with Gasteiger partial charge in [-0.25, -0.2) is 9.78 Å². The average molecular weight is 403 g/mol. The van der Waals surface area contributed by atoms with Crippen molar-refractivity contribution in [1.82, 2.24) is 19.4 Å². The smallest absolute Gasteiger partial charge is 0.407 e. The van der Waals surface area contributed by atoms with Gasteiger partial charge in [0.15, 0.2) is 0 Å². The molecule has 0 bridgehead atoms. The number of likely N-dealkylation sites (tertiary alicyclic amines) is 1. The predicted octanol–water partition coefficient (Wildman–Crippen LogP) is 4.22. The Balaban J connectivity index is 1.87. The summed E-state index contributed by atoms with van der Waals surface area (Å²) < 4.78 is 3.22. The summed E-state index contributed by atoms with van der Waals surface area (Å²) in [5.74, 6) is 1.10. The largest absolute Gasteiger partial charge is 0.465 e. The van der Waals surface area contributed by atoms with E-state index in [-0.39, 0.29) is 5.92 Å². The molecule has 0 aliphatic carbocycles. The van der Waals surface area contributed by atoms with Crippen LogP contribution in [-0.2, 0) is 6.54 Å². The number of hydrogen-bond acceptors (Lipinski definition) is 3. The monoisotopic (exact) mass is 402 g/mol. The minimum atomic E-state index is -0.846. The third-order valence-corrected chi connectivity index (χ3v) is 5.43. The van der Waals surface area contributed by atoms with Crippen LogP contribution >= 0.6 is 15.9 Å². The van der Waals surface area contributed by atoms with Crippen molar-refractivity contribution in [2.75, 3.05) is 13.1 Å². The maximum Gasteiger partial charge on any atom is 0.407 e. The van der Waals surface area contributed by atoms with Gasteiger partial charge in [-0.3, -0.25) is 4.98 Å². The molecule has 0 unspecified atom stereocenters. The average Bonchev–Trinajstić information content (AvgIpc) is 3.00. The number of amides is 1. The zero-order chi connectivity index (χ0) is 17.6. The van der Waals surface area contributed by atoms with Crippen LogP contribution in [0.25, 0.3) is 21.9 Å². The molecule has 25 heavy (non-hydrogen) atoms. The van der Waals surface area contributed by atoms with Crippen molar-refractivity contribution in [3.8, 4) is 0 Å². The Morgan fingerprint density at radius 3 is 3.00 bits per heavy atom. The van der Waals surface area contributed by atoms with Crippen molar-refractivity contribution in [2.24, 2.45) is 0 Å². The van der Waals surface area contributed by atoms with Crippen LogP contribution in [0.5, 0.6) is 0 Å². The normalized spacial score (nSPS) is 18.2. The molecule has 1 N–H and O–H groups in total. The molecule has 1 aliphatic heterocycles. The number of piperidine rings is 1. The second kappa shape index (κ2) is 6.29. The van der Waals surface area contributed by atoms with E-state index in [1.165, 1.54) is 4.90 Å². The van der Waals surface area contributed by atoms with Gasteiger partial charge in [0.2, 0.25) is 0 Å². The van der Waals surface area contributed by atoms with Crippen molar-refractivity contribution < 1.29 is 9.90 Å². The van der Waals surface area contributed by atoms with Crippen LogP contribution < -0.4 is 0 Å². The number of benzene rings is 1. The molecule has 3 heterocycles. The van der Waals surface area contributed by atoms with E-state index in [0.717, 1.165) is 51.6 Å². The van der Waals surface area contributed by atoms with Gasteiger partial charge in [0, 0.05) is 35.4 Å². The number of pyridine rings is 1. The first-order valence-electron chi connectivity index (χ1n) is 8.50. The summed E-state index contributed by atoms with van der Waals surface area (Å²) in [4.78, 5) is 22.2. The van der Waals surface area contributed by atoms with E-state index in [4.69, 9.17) is 4.98 Å². The highest BCUT2D eigenvalue weighted by molar-refractivity contribution is 9.10. The quantitative estimate of drug-likeness (QED) is 0.696. The zero-order valence-electron chi connectivity index (χ0n) is 13.9. The lowest BCUT2D eigenvalue weighted by molar-refractivity contribution is 0.129. The highest BCUT2D eigenvalue weighted by Crippen LogP contribution is 2.32. The number of carbonyl (C=O) groups is 1. The number of carboxylic acid groups (broad SMARTS) is 1.